The molecule has 0 radical (unpaired) electrons. The van der Waals surface area contributed by atoms with Crippen LogP contribution >= 0.6 is 11.8 Å². The molecule has 2 saturated heterocycles. The number of hydrogen-bond donors (Lipinski definition) is 2. The molecule has 0 spiro atoms. The van der Waals surface area contributed by atoms with E-state index in [1.165, 1.54) is 35.0 Å². The Morgan fingerprint density at radius 1 is 0.892 bits per heavy atom. The maximum Gasteiger partial charge on any atom is 0.501 e. The third-order valence-corrected chi connectivity index (χ3v) is 16.2. The molecule has 6 rings (SSSR count). The van der Waals surface area contributed by atoms with Gasteiger partial charge in [-0.25, -0.2) is 30.3 Å². The molecule has 356 valence electrons. The Balaban J connectivity index is 1.11. The zero-order valence-electron chi connectivity index (χ0n) is 36.7. The number of carbonyl (C=O) groups is 1. The highest BCUT2D eigenvalue weighted by atomic mass is 32.2. The van der Waals surface area contributed by atoms with Crippen molar-refractivity contribution in [2.75, 3.05) is 81.5 Å². The van der Waals surface area contributed by atoms with Crippen LogP contribution in [0.15, 0.2) is 111 Å². The van der Waals surface area contributed by atoms with Crippen molar-refractivity contribution in [2.24, 2.45) is 5.41 Å². The minimum atomic E-state index is -6.07. The Morgan fingerprint density at radius 3 is 2.22 bits per heavy atom. The number of alkyl halides is 5. The van der Waals surface area contributed by atoms with Crippen molar-refractivity contribution in [3.05, 3.63) is 102 Å². The molecule has 65 heavy (non-hydrogen) atoms. The largest absolute Gasteiger partial charge is 0.501 e. The number of anilines is 2. The second kappa shape index (κ2) is 21.7. The van der Waals surface area contributed by atoms with Gasteiger partial charge in [0, 0.05) is 80.3 Å². The molecule has 0 unspecified atom stereocenters. The van der Waals surface area contributed by atoms with E-state index in [0.717, 1.165) is 61.6 Å². The summed E-state index contributed by atoms with van der Waals surface area (Å²) in [7, 11) is -10.9. The van der Waals surface area contributed by atoms with Crippen LogP contribution in [-0.4, -0.2) is 122 Å². The fraction of sp³-hybridized carbons (Fsp3) is 0.500. The van der Waals surface area contributed by atoms with Gasteiger partial charge in [-0.05, 0) is 104 Å². The molecule has 1 aliphatic carbocycles. The third-order valence-electron chi connectivity index (χ3n) is 12.2. The molecule has 2 aliphatic heterocycles. The smallest absolute Gasteiger partial charge is 0.380 e. The van der Waals surface area contributed by atoms with Gasteiger partial charge in [0.1, 0.15) is 4.90 Å². The Morgan fingerprint density at radius 2 is 1.57 bits per heavy atom. The van der Waals surface area contributed by atoms with Crippen LogP contribution in [0.1, 0.15) is 62.7 Å². The third kappa shape index (κ3) is 13.8. The van der Waals surface area contributed by atoms with Crippen molar-refractivity contribution >= 4 is 48.9 Å². The van der Waals surface area contributed by atoms with Crippen LogP contribution in [0.2, 0.25) is 0 Å². The molecule has 2 N–H and O–H groups in total. The van der Waals surface area contributed by atoms with E-state index in [-0.39, 0.29) is 23.0 Å². The lowest BCUT2D eigenvalue weighted by molar-refractivity contribution is -0.0435. The fourth-order valence-electron chi connectivity index (χ4n) is 8.26. The van der Waals surface area contributed by atoms with Gasteiger partial charge in [0.25, 0.3) is 32.2 Å². The first-order chi connectivity index (χ1) is 30.7. The summed E-state index contributed by atoms with van der Waals surface area (Å²) in [5.41, 5.74) is -2.78. The van der Waals surface area contributed by atoms with Crippen LogP contribution in [0.25, 0.3) is 0 Å². The molecule has 0 bridgehead atoms. The highest BCUT2D eigenvalue weighted by Gasteiger charge is 2.48. The summed E-state index contributed by atoms with van der Waals surface area (Å²) in [6.45, 7) is 14.5. The highest BCUT2D eigenvalue weighted by Crippen LogP contribution is 2.41. The quantitative estimate of drug-likeness (QED) is 0.0681. The lowest BCUT2D eigenvalue weighted by Gasteiger charge is -2.39. The fourth-order valence-corrected chi connectivity index (χ4v) is 11.3. The van der Waals surface area contributed by atoms with Crippen molar-refractivity contribution in [1.29, 1.82) is 0 Å². The number of nitrogens with one attached hydrogen (secondary N) is 2. The van der Waals surface area contributed by atoms with E-state index in [9.17, 15) is 43.6 Å². The van der Waals surface area contributed by atoms with Gasteiger partial charge in [0.15, 0.2) is 0 Å². The Kier molecular flexibility index (Phi) is 16.9. The molecule has 3 aliphatic rings. The average molecular weight is 968 g/mol. The second-order valence-electron chi connectivity index (χ2n) is 17.6. The number of amides is 1. The van der Waals surface area contributed by atoms with E-state index >= 15 is 0 Å². The lowest BCUT2D eigenvalue weighted by atomic mass is 9.73. The van der Waals surface area contributed by atoms with Crippen LogP contribution in [0.5, 0.6) is 0 Å². The number of piperazine rings is 1. The first kappa shape index (κ1) is 50.4. The molecule has 0 saturated carbocycles. The summed E-state index contributed by atoms with van der Waals surface area (Å²) in [5.74, 6) is -0.698. The standard InChI is InChI=1S/C46H58F5N5O6S3/c1-33(43(47)48)9-10-35-30-45(2,3)19-17-36(35)31-55-21-23-56(24-22-55)38-13-11-34(12-14-38)44(57)53-65(60,61)40-15-16-41(42(29-40)64(58,59)46(49,50)51)52-37(18-20-54-25-27-62-28-26-54)32-63-39-7-5-4-6-8-39/h4-8,11-16,29,37,43,52H,1,9-10,17-28,30-32H2,2-3H3,(H,53,57)/t37-/m1/s1. The molecule has 2 heterocycles. The Bertz CT molecular complexity index is 2370. The number of morpholine rings is 1. The van der Waals surface area contributed by atoms with E-state index in [4.69, 9.17) is 4.74 Å². The molecule has 3 aromatic carbocycles. The minimum absolute atomic E-state index is 0.0365. The van der Waals surface area contributed by atoms with E-state index in [1.807, 2.05) is 35.1 Å². The first-order valence-electron chi connectivity index (χ1n) is 21.7. The molecule has 1 amide bonds. The number of benzene rings is 3. The molecular weight excluding hydrogens is 910 g/mol. The summed E-state index contributed by atoms with van der Waals surface area (Å²) < 4.78 is 129. The number of halogens is 5. The maximum absolute atomic E-state index is 14.2. The van der Waals surface area contributed by atoms with Gasteiger partial charge in [-0.15, -0.1) is 11.8 Å². The van der Waals surface area contributed by atoms with Crippen LogP contribution in [0.4, 0.5) is 33.3 Å². The van der Waals surface area contributed by atoms with E-state index in [2.05, 4.69) is 40.4 Å². The number of rotatable bonds is 19. The molecule has 2 fully saturated rings. The van der Waals surface area contributed by atoms with E-state index < -0.39 is 59.2 Å². The predicted molar refractivity (Wildman–Crippen MR) is 245 cm³/mol. The number of carbonyl (C=O) groups excluding carboxylic acids is 1. The second-order valence-corrected chi connectivity index (χ2v) is 22.3. The highest BCUT2D eigenvalue weighted by molar-refractivity contribution is 7.99. The summed E-state index contributed by atoms with van der Waals surface area (Å²) in [4.78, 5) is 18.7. The van der Waals surface area contributed by atoms with Gasteiger partial charge in [0.2, 0.25) is 0 Å². The zero-order valence-corrected chi connectivity index (χ0v) is 39.2. The topological polar surface area (TPSA) is 128 Å². The van der Waals surface area contributed by atoms with Gasteiger partial charge >= 0.3 is 5.51 Å². The monoisotopic (exact) mass is 967 g/mol. The molecule has 11 nitrogen and oxygen atoms in total. The van der Waals surface area contributed by atoms with Crippen molar-refractivity contribution < 1.29 is 48.3 Å². The van der Waals surface area contributed by atoms with E-state index in [1.54, 1.807) is 12.1 Å². The van der Waals surface area contributed by atoms with Crippen molar-refractivity contribution in [3.63, 3.8) is 0 Å². The van der Waals surface area contributed by atoms with Crippen LogP contribution in [0.3, 0.4) is 0 Å². The number of ether oxygens (including phenoxy) is 1. The normalized spacial score (nSPS) is 18.4. The number of sulfonamides is 1. The summed E-state index contributed by atoms with van der Waals surface area (Å²) >= 11 is 1.44. The van der Waals surface area contributed by atoms with Crippen molar-refractivity contribution in [2.45, 2.75) is 85.0 Å². The Hall–Kier alpha value is -4.01. The molecular formula is C46H58F5N5O6S3. The summed E-state index contributed by atoms with van der Waals surface area (Å²) in [6.07, 6.45) is 1.58. The number of thioether (sulfide) groups is 1. The summed E-state index contributed by atoms with van der Waals surface area (Å²) in [6, 6.07) is 17.4. The van der Waals surface area contributed by atoms with Gasteiger partial charge in [-0.1, -0.05) is 49.8 Å². The maximum atomic E-state index is 14.2. The lowest BCUT2D eigenvalue weighted by Crippen LogP contribution is -2.47. The predicted octanol–water partition coefficient (Wildman–Crippen LogP) is 8.62. The molecule has 0 aromatic heterocycles. The van der Waals surface area contributed by atoms with E-state index in [0.29, 0.717) is 70.6 Å². The zero-order chi connectivity index (χ0) is 47.0. The molecule has 19 heteroatoms. The average Bonchev–Trinajstić information content (AvgIpc) is 3.27. The number of nitrogens with zero attached hydrogens (tertiary/aromatic N) is 3. The summed E-state index contributed by atoms with van der Waals surface area (Å²) in [5, 5.41) is 2.98. The van der Waals surface area contributed by atoms with Gasteiger partial charge in [-0.2, -0.15) is 13.2 Å². The number of sulfone groups is 1. The van der Waals surface area contributed by atoms with Gasteiger partial charge in [-0.3, -0.25) is 14.6 Å². The first-order valence-corrected chi connectivity index (χ1v) is 25.7. The van der Waals surface area contributed by atoms with Crippen molar-refractivity contribution in [1.82, 2.24) is 14.5 Å². The SMILES string of the molecule is C=C(CCC1=C(CN2CCN(c3ccc(C(=O)NS(=O)(=O)c4ccc(N[C@H](CCN5CCOCC5)CSc5ccccc5)c(S(=O)(=O)C(F)(F)F)c4)cc3)CC2)CCC(C)(C)C1)C(F)F. The van der Waals surface area contributed by atoms with Gasteiger partial charge < -0.3 is 15.0 Å². The minimum Gasteiger partial charge on any atom is -0.380 e. The number of hydrogen-bond acceptors (Lipinski definition) is 11. The van der Waals surface area contributed by atoms with Crippen LogP contribution < -0.4 is 14.9 Å². The Labute approximate surface area is 383 Å². The van der Waals surface area contributed by atoms with Crippen LogP contribution in [0, 0.1) is 5.41 Å². The number of allylic oxidation sites excluding steroid dienone is 2. The van der Waals surface area contributed by atoms with Gasteiger partial charge in [0.05, 0.1) is 23.8 Å². The molecule has 3 aromatic rings. The van der Waals surface area contributed by atoms with Crippen LogP contribution in [-0.2, 0) is 24.6 Å². The van der Waals surface area contributed by atoms with Crippen molar-refractivity contribution in [3.8, 4) is 0 Å². The molecule has 1 atom stereocenters.